The quantitative estimate of drug-likeness (QED) is 0.679. The molecule has 0 aromatic heterocycles. The van der Waals surface area contributed by atoms with E-state index in [0.29, 0.717) is 6.61 Å². The van der Waals surface area contributed by atoms with Crippen molar-refractivity contribution in [3.63, 3.8) is 0 Å². The van der Waals surface area contributed by atoms with E-state index >= 15 is 0 Å². The number of phenolic OH excluding ortho intramolecular Hbond substituents is 1. The molecule has 0 atom stereocenters. The molecule has 0 bridgehead atoms. The minimum atomic E-state index is -0.377. The van der Waals surface area contributed by atoms with E-state index in [0.717, 1.165) is 10.0 Å². The number of benzene rings is 1. The minimum absolute atomic E-state index is 0.176. The summed E-state index contributed by atoms with van der Waals surface area (Å²) in [6.07, 6.45) is 2.97. The van der Waals surface area contributed by atoms with Crippen molar-refractivity contribution in [3.05, 3.63) is 34.3 Å². The van der Waals surface area contributed by atoms with Crippen LogP contribution in [-0.4, -0.2) is 17.7 Å². The van der Waals surface area contributed by atoms with Crippen LogP contribution in [0.25, 0.3) is 6.08 Å². The topological polar surface area (TPSA) is 46.5 Å². The lowest BCUT2D eigenvalue weighted by atomic mass is 10.2. The molecule has 0 saturated heterocycles. The highest BCUT2D eigenvalue weighted by atomic mass is 79.9. The highest BCUT2D eigenvalue weighted by molar-refractivity contribution is 9.10. The number of carbonyl (C=O) groups excluding carboxylic acids is 1. The smallest absolute Gasteiger partial charge is 0.330 e. The molecular formula is C11H11BrO3. The first-order chi connectivity index (χ1) is 7.13. The van der Waals surface area contributed by atoms with Gasteiger partial charge in [-0.3, -0.25) is 0 Å². The van der Waals surface area contributed by atoms with Crippen LogP contribution in [-0.2, 0) is 9.53 Å². The summed E-state index contributed by atoms with van der Waals surface area (Å²) in [4.78, 5) is 11.0. The van der Waals surface area contributed by atoms with E-state index in [1.54, 1.807) is 31.2 Å². The fourth-order valence-corrected chi connectivity index (χ4v) is 1.50. The fourth-order valence-electron chi connectivity index (χ4n) is 0.999. The zero-order chi connectivity index (χ0) is 11.3. The molecule has 0 fully saturated rings. The highest BCUT2D eigenvalue weighted by Crippen LogP contribution is 2.23. The molecule has 1 rings (SSSR count). The Hall–Kier alpha value is -1.29. The summed E-state index contributed by atoms with van der Waals surface area (Å²) in [5.74, 6) is -0.201. The zero-order valence-corrected chi connectivity index (χ0v) is 9.82. The van der Waals surface area contributed by atoms with Gasteiger partial charge in [-0.25, -0.2) is 4.79 Å². The summed E-state index contributed by atoms with van der Waals surface area (Å²) in [5, 5.41) is 9.15. The first-order valence-corrected chi connectivity index (χ1v) is 5.26. The van der Waals surface area contributed by atoms with Crippen LogP contribution in [0.2, 0.25) is 0 Å². The van der Waals surface area contributed by atoms with E-state index in [1.165, 1.54) is 6.08 Å². The number of carbonyl (C=O) groups is 1. The second kappa shape index (κ2) is 5.56. The Balaban J connectivity index is 2.76. The van der Waals surface area contributed by atoms with E-state index in [9.17, 15) is 4.79 Å². The third-order valence-electron chi connectivity index (χ3n) is 1.67. The number of hydrogen-bond donors (Lipinski definition) is 1. The maximum atomic E-state index is 11.0. The predicted octanol–water partition coefficient (Wildman–Crippen LogP) is 2.73. The van der Waals surface area contributed by atoms with Gasteiger partial charge in [0.25, 0.3) is 0 Å². The predicted molar refractivity (Wildman–Crippen MR) is 61.5 cm³/mol. The maximum Gasteiger partial charge on any atom is 0.330 e. The molecule has 80 valence electrons. The molecular weight excluding hydrogens is 260 g/mol. The van der Waals surface area contributed by atoms with Gasteiger partial charge in [0.1, 0.15) is 5.75 Å². The van der Waals surface area contributed by atoms with Crippen molar-refractivity contribution >= 4 is 28.0 Å². The van der Waals surface area contributed by atoms with Crippen molar-refractivity contribution in [2.45, 2.75) is 6.92 Å². The van der Waals surface area contributed by atoms with Crippen molar-refractivity contribution < 1.29 is 14.6 Å². The van der Waals surface area contributed by atoms with E-state index in [2.05, 4.69) is 15.9 Å². The lowest BCUT2D eigenvalue weighted by Crippen LogP contribution is -1.98. The van der Waals surface area contributed by atoms with Crippen molar-refractivity contribution in [3.8, 4) is 5.75 Å². The largest absolute Gasteiger partial charge is 0.508 e. The molecule has 0 aliphatic rings. The molecule has 1 N–H and O–H groups in total. The molecule has 0 saturated carbocycles. The van der Waals surface area contributed by atoms with Crippen molar-refractivity contribution in [2.75, 3.05) is 6.61 Å². The van der Waals surface area contributed by atoms with E-state index in [4.69, 9.17) is 9.84 Å². The summed E-state index contributed by atoms with van der Waals surface area (Å²) in [6, 6.07) is 4.82. The molecule has 0 aliphatic heterocycles. The lowest BCUT2D eigenvalue weighted by molar-refractivity contribution is -0.137. The third kappa shape index (κ3) is 3.75. The van der Waals surface area contributed by atoms with Crippen molar-refractivity contribution in [1.82, 2.24) is 0 Å². The standard InChI is InChI=1S/C11H11BrO3/c1-2-15-11(14)6-4-8-3-5-9(13)7-10(8)12/h3-7,13H,2H2,1H3. The van der Waals surface area contributed by atoms with Crippen LogP contribution in [0.15, 0.2) is 28.7 Å². The summed E-state index contributed by atoms with van der Waals surface area (Å²) < 4.78 is 5.46. The van der Waals surface area contributed by atoms with Crippen LogP contribution in [0.4, 0.5) is 0 Å². The summed E-state index contributed by atoms with van der Waals surface area (Å²) in [6.45, 7) is 2.11. The number of aromatic hydroxyl groups is 1. The highest BCUT2D eigenvalue weighted by Gasteiger charge is 1.99. The van der Waals surface area contributed by atoms with Crippen LogP contribution in [0.3, 0.4) is 0 Å². The molecule has 1 aromatic rings. The van der Waals surface area contributed by atoms with E-state index < -0.39 is 0 Å². The van der Waals surface area contributed by atoms with Crippen molar-refractivity contribution in [2.24, 2.45) is 0 Å². The molecule has 0 amide bonds. The Morgan fingerprint density at radius 2 is 2.33 bits per heavy atom. The fraction of sp³-hybridized carbons (Fsp3) is 0.182. The monoisotopic (exact) mass is 270 g/mol. The molecule has 0 heterocycles. The Labute approximate surface area is 96.5 Å². The maximum absolute atomic E-state index is 11.0. The van der Waals surface area contributed by atoms with Crippen LogP contribution in [0.5, 0.6) is 5.75 Å². The number of rotatable bonds is 3. The molecule has 0 aliphatic carbocycles. The van der Waals surface area contributed by atoms with Gasteiger partial charge < -0.3 is 9.84 Å². The first-order valence-electron chi connectivity index (χ1n) is 4.47. The molecule has 3 nitrogen and oxygen atoms in total. The summed E-state index contributed by atoms with van der Waals surface area (Å²) >= 11 is 3.27. The number of phenols is 1. The number of esters is 1. The second-order valence-corrected chi connectivity index (χ2v) is 3.65. The second-order valence-electron chi connectivity index (χ2n) is 2.79. The Morgan fingerprint density at radius 1 is 1.60 bits per heavy atom. The van der Waals surface area contributed by atoms with Crippen LogP contribution >= 0.6 is 15.9 Å². The SMILES string of the molecule is CCOC(=O)C=Cc1ccc(O)cc1Br. The van der Waals surface area contributed by atoms with Crippen LogP contribution < -0.4 is 0 Å². The molecule has 0 spiro atoms. The van der Waals surface area contributed by atoms with E-state index in [1.807, 2.05) is 0 Å². The number of hydrogen-bond acceptors (Lipinski definition) is 3. The Bertz CT molecular complexity index is 385. The molecule has 15 heavy (non-hydrogen) atoms. The van der Waals surface area contributed by atoms with Gasteiger partial charge in [-0.15, -0.1) is 0 Å². The number of ether oxygens (including phenoxy) is 1. The van der Waals surface area contributed by atoms with E-state index in [-0.39, 0.29) is 11.7 Å². The van der Waals surface area contributed by atoms with Gasteiger partial charge in [0.2, 0.25) is 0 Å². The summed E-state index contributed by atoms with van der Waals surface area (Å²) in [7, 11) is 0. The molecule has 4 heteroatoms. The zero-order valence-electron chi connectivity index (χ0n) is 8.24. The normalized spacial score (nSPS) is 10.5. The van der Waals surface area contributed by atoms with Gasteiger partial charge in [-0.05, 0) is 30.7 Å². The third-order valence-corrected chi connectivity index (χ3v) is 2.36. The Kier molecular flexibility index (Phi) is 4.37. The number of halogens is 1. The van der Waals surface area contributed by atoms with Gasteiger partial charge in [-0.1, -0.05) is 22.0 Å². The average Bonchev–Trinajstić information content (AvgIpc) is 2.17. The van der Waals surface area contributed by atoms with Crippen LogP contribution in [0, 0.1) is 0 Å². The molecule has 0 unspecified atom stereocenters. The average molecular weight is 271 g/mol. The minimum Gasteiger partial charge on any atom is -0.508 e. The van der Waals surface area contributed by atoms with Gasteiger partial charge >= 0.3 is 5.97 Å². The van der Waals surface area contributed by atoms with Gasteiger partial charge in [0, 0.05) is 10.5 Å². The Morgan fingerprint density at radius 3 is 2.93 bits per heavy atom. The first kappa shape index (κ1) is 11.8. The molecule has 0 radical (unpaired) electrons. The van der Waals surface area contributed by atoms with Gasteiger partial charge in [-0.2, -0.15) is 0 Å². The van der Waals surface area contributed by atoms with Gasteiger partial charge in [0.05, 0.1) is 6.61 Å². The van der Waals surface area contributed by atoms with Crippen LogP contribution in [0.1, 0.15) is 12.5 Å². The molecule has 1 aromatic carbocycles. The lowest BCUT2D eigenvalue weighted by Gasteiger charge is -1.99. The van der Waals surface area contributed by atoms with Gasteiger partial charge in [0.15, 0.2) is 0 Å². The summed E-state index contributed by atoms with van der Waals surface area (Å²) in [5.41, 5.74) is 0.806. The van der Waals surface area contributed by atoms with Crippen molar-refractivity contribution in [1.29, 1.82) is 0 Å².